The molecule has 2 fully saturated rings. The van der Waals surface area contributed by atoms with Crippen molar-refractivity contribution < 1.29 is 0 Å². The van der Waals surface area contributed by atoms with E-state index >= 15 is 0 Å². The number of rotatable bonds is 2. The summed E-state index contributed by atoms with van der Waals surface area (Å²) in [4.78, 5) is 2.60. The monoisotopic (exact) mass is 244 g/mol. The second-order valence-corrected chi connectivity index (χ2v) is 6.24. The number of hydrogen-bond donors (Lipinski definition) is 1. The third kappa shape index (κ3) is 2.32. The molecule has 0 amide bonds. The Morgan fingerprint density at radius 1 is 1.17 bits per heavy atom. The first-order valence-electron chi connectivity index (χ1n) is 7.26. The SMILES string of the molecule is CC1CC[C@H]2CN(Cc3ccccc3)C[C@H]2[C@H]1N. The van der Waals surface area contributed by atoms with Crippen molar-refractivity contribution in [2.45, 2.75) is 32.4 Å². The zero-order chi connectivity index (χ0) is 12.5. The Labute approximate surface area is 110 Å². The third-order valence-corrected chi connectivity index (χ3v) is 4.96. The standard InChI is InChI=1S/C16H24N2/c1-12-7-8-14-10-18(11-15(14)16(12)17)9-13-5-3-2-4-6-13/h2-6,12,14-16H,7-11,17H2,1H3/t12?,14-,15+,16-/m0/s1. The van der Waals surface area contributed by atoms with Gasteiger partial charge in [0.15, 0.2) is 0 Å². The van der Waals surface area contributed by atoms with Crippen LogP contribution in [0.2, 0.25) is 0 Å². The highest BCUT2D eigenvalue weighted by molar-refractivity contribution is 5.15. The Morgan fingerprint density at radius 3 is 2.72 bits per heavy atom. The highest BCUT2D eigenvalue weighted by atomic mass is 15.2. The Balaban J connectivity index is 1.64. The lowest BCUT2D eigenvalue weighted by atomic mass is 9.73. The molecule has 1 heterocycles. The topological polar surface area (TPSA) is 29.3 Å². The molecule has 1 unspecified atom stereocenters. The zero-order valence-corrected chi connectivity index (χ0v) is 11.3. The van der Waals surface area contributed by atoms with E-state index in [0.717, 1.165) is 18.4 Å². The summed E-state index contributed by atoms with van der Waals surface area (Å²) in [5.41, 5.74) is 7.82. The van der Waals surface area contributed by atoms with Crippen LogP contribution in [0.25, 0.3) is 0 Å². The summed E-state index contributed by atoms with van der Waals surface area (Å²) in [6.07, 6.45) is 2.70. The molecular weight excluding hydrogens is 220 g/mol. The van der Waals surface area contributed by atoms with Crippen LogP contribution in [-0.4, -0.2) is 24.0 Å². The van der Waals surface area contributed by atoms with E-state index < -0.39 is 0 Å². The Kier molecular flexibility index (Phi) is 3.40. The van der Waals surface area contributed by atoms with Crippen LogP contribution in [0, 0.1) is 17.8 Å². The molecule has 98 valence electrons. The van der Waals surface area contributed by atoms with Crippen LogP contribution >= 0.6 is 0 Å². The average Bonchev–Trinajstić information content (AvgIpc) is 2.79. The second-order valence-electron chi connectivity index (χ2n) is 6.24. The minimum absolute atomic E-state index is 0.421. The van der Waals surface area contributed by atoms with Gasteiger partial charge in [-0.3, -0.25) is 4.90 Å². The van der Waals surface area contributed by atoms with Crippen molar-refractivity contribution in [1.82, 2.24) is 4.90 Å². The fourth-order valence-electron chi connectivity index (χ4n) is 3.79. The molecule has 0 bridgehead atoms. The van der Waals surface area contributed by atoms with E-state index in [4.69, 9.17) is 5.73 Å². The molecular formula is C16H24N2. The van der Waals surface area contributed by atoms with E-state index in [9.17, 15) is 0 Å². The maximum Gasteiger partial charge on any atom is 0.0233 e. The van der Waals surface area contributed by atoms with Crippen LogP contribution in [-0.2, 0) is 6.54 Å². The van der Waals surface area contributed by atoms with E-state index in [-0.39, 0.29) is 0 Å². The molecule has 0 spiro atoms. The summed E-state index contributed by atoms with van der Waals surface area (Å²) in [5.74, 6) is 2.29. The highest BCUT2D eigenvalue weighted by Gasteiger charge is 2.41. The Morgan fingerprint density at radius 2 is 1.94 bits per heavy atom. The van der Waals surface area contributed by atoms with Crippen LogP contribution in [0.1, 0.15) is 25.3 Å². The van der Waals surface area contributed by atoms with Gasteiger partial charge >= 0.3 is 0 Å². The molecule has 3 rings (SSSR count). The van der Waals surface area contributed by atoms with Gasteiger partial charge in [-0.2, -0.15) is 0 Å². The predicted octanol–water partition coefficient (Wildman–Crippen LogP) is 2.49. The van der Waals surface area contributed by atoms with Gasteiger partial charge in [0.1, 0.15) is 0 Å². The van der Waals surface area contributed by atoms with Gasteiger partial charge in [0.2, 0.25) is 0 Å². The first-order chi connectivity index (χ1) is 8.74. The number of likely N-dealkylation sites (tertiary alicyclic amines) is 1. The maximum atomic E-state index is 6.39. The molecule has 0 aromatic heterocycles. The fraction of sp³-hybridized carbons (Fsp3) is 0.625. The van der Waals surface area contributed by atoms with Crippen LogP contribution in [0.4, 0.5) is 0 Å². The molecule has 0 radical (unpaired) electrons. The van der Waals surface area contributed by atoms with Crippen molar-refractivity contribution in [1.29, 1.82) is 0 Å². The van der Waals surface area contributed by atoms with E-state index in [2.05, 4.69) is 42.2 Å². The molecule has 1 aliphatic carbocycles. The number of fused-ring (bicyclic) bond motifs is 1. The van der Waals surface area contributed by atoms with E-state index in [1.807, 2.05) is 0 Å². The van der Waals surface area contributed by atoms with Crippen LogP contribution in [0.5, 0.6) is 0 Å². The van der Waals surface area contributed by atoms with E-state index in [0.29, 0.717) is 12.0 Å². The average molecular weight is 244 g/mol. The molecule has 1 saturated carbocycles. The minimum Gasteiger partial charge on any atom is -0.327 e. The van der Waals surface area contributed by atoms with Gasteiger partial charge in [-0.1, -0.05) is 37.3 Å². The van der Waals surface area contributed by atoms with Gasteiger partial charge in [-0.15, -0.1) is 0 Å². The van der Waals surface area contributed by atoms with Gasteiger partial charge < -0.3 is 5.73 Å². The first kappa shape index (κ1) is 12.2. The van der Waals surface area contributed by atoms with Gasteiger partial charge in [0.05, 0.1) is 0 Å². The van der Waals surface area contributed by atoms with Gasteiger partial charge in [-0.05, 0) is 36.2 Å². The van der Waals surface area contributed by atoms with Gasteiger partial charge in [0.25, 0.3) is 0 Å². The zero-order valence-electron chi connectivity index (χ0n) is 11.3. The van der Waals surface area contributed by atoms with Gasteiger partial charge in [-0.25, -0.2) is 0 Å². The molecule has 2 heteroatoms. The highest BCUT2D eigenvalue weighted by Crippen LogP contribution is 2.38. The largest absolute Gasteiger partial charge is 0.327 e. The number of nitrogens with zero attached hydrogens (tertiary/aromatic N) is 1. The molecule has 1 saturated heterocycles. The van der Waals surface area contributed by atoms with Crippen LogP contribution in [0.3, 0.4) is 0 Å². The quantitative estimate of drug-likeness (QED) is 0.866. The van der Waals surface area contributed by atoms with Crippen molar-refractivity contribution >= 4 is 0 Å². The summed E-state index contributed by atoms with van der Waals surface area (Å²) < 4.78 is 0. The van der Waals surface area contributed by atoms with E-state index in [1.54, 1.807) is 0 Å². The van der Waals surface area contributed by atoms with Crippen molar-refractivity contribution in [2.24, 2.45) is 23.5 Å². The number of hydrogen-bond acceptors (Lipinski definition) is 2. The first-order valence-corrected chi connectivity index (χ1v) is 7.26. The maximum absolute atomic E-state index is 6.39. The summed E-state index contributed by atoms with van der Waals surface area (Å²) in [6.45, 7) is 5.86. The minimum atomic E-state index is 0.421. The summed E-state index contributed by atoms with van der Waals surface area (Å²) >= 11 is 0. The molecule has 4 atom stereocenters. The van der Waals surface area contributed by atoms with Crippen molar-refractivity contribution in [2.75, 3.05) is 13.1 Å². The molecule has 2 N–H and O–H groups in total. The van der Waals surface area contributed by atoms with Crippen LogP contribution in [0.15, 0.2) is 30.3 Å². The summed E-state index contributed by atoms with van der Waals surface area (Å²) in [6, 6.07) is 11.2. The van der Waals surface area contributed by atoms with Crippen molar-refractivity contribution in [3.63, 3.8) is 0 Å². The van der Waals surface area contributed by atoms with Gasteiger partial charge in [0, 0.05) is 25.7 Å². The van der Waals surface area contributed by atoms with Crippen molar-refractivity contribution in [3.8, 4) is 0 Å². The second kappa shape index (κ2) is 5.02. The molecule has 2 nitrogen and oxygen atoms in total. The lowest BCUT2D eigenvalue weighted by molar-refractivity contribution is 0.197. The summed E-state index contributed by atoms with van der Waals surface area (Å²) in [7, 11) is 0. The molecule has 1 aromatic rings. The van der Waals surface area contributed by atoms with Crippen LogP contribution < -0.4 is 5.73 Å². The lowest BCUT2D eigenvalue weighted by Gasteiger charge is -2.35. The normalized spacial score (nSPS) is 36.6. The molecule has 1 aromatic carbocycles. The smallest absolute Gasteiger partial charge is 0.0233 e. The third-order valence-electron chi connectivity index (χ3n) is 4.96. The lowest BCUT2D eigenvalue weighted by Crippen LogP contribution is -2.43. The molecule has 18 heavy (non-hydrogen) atoms. The molecule has 1 aliphatic heterocycles. The number of benzene rings is 1. The fourth-order valence-corrected chi connectivity index (χ4v) is 3.79. The summed E-state index contributed by atoms with van der Waals surface area (Å²) in [5, 5.41) is 0. The number of nitrogens with two attached hydrogens (primary N) is 1. The predicted molar refractivity (Wildman–Crippen MR) is 75.1 cm³/mol. The Bertz CT molecular complexity index is 389. The Hall–Kier alpha value is -0.860. The van der Waals surface area contributed by atoms with Crippen molar-refractivity contribution in [3.05, 3.63) is 35.9 Å². The molecule has 2 aliphatic rings. The van der Waals surface area contributed by atoms with E-state index in [1.165, 1.54) is 31.5 Å².